The van der Waals surface area contributed by atoms with Crippen LogP contribution in [0.1, 0.15) is 65.7 Å². The van der Waals surface area contributed by atoms with Crippen molar-refractivity contribution < 1.29 is 14.4 Å². The van der Waals surface area contributed by atoms with Crippen molar-refractivity contribution in [1.29, 1.82) is 0 Å². The molecule has 0 bridgehead atoms. The fourth-order valence-corrected chi connectivity index (χ4v) is 5.55. The number of benzene rings is 2. The highest BCUT2D eigenvalue weighted by molar-refractivity contribution is 6.21. The van der Waals surface area contributed by atoms with Crippen LogP contribution in [-0.2, 0) is 4.79 Å². The van der Waals surface area contributed by atoms with E-state index in [1.54, 1.807) is 24.3 Å². The van der Waals surface area contributed by atoms with Crippen molar-refractivity contribution in [2.75, 3.05) is 29.9 Å². The Balaban J connectivity index is 1.25. The fraction of sp³-hybridized carbons (Fsp3) is 0.444. The van der Waals surface area contributed by atoms with Gasteiger partial charge in [-0.1, -0.05) is 25.0 Å². The topological polar surface area (TPSA) is 69.7 Å². The normalized spacial score (nSPS) is 22.9. The van der Waals surface area contributed by atoms with Crippen molar-refractivity contribution in [3.8, 4) is 0 Å². The van der Waals surface area contributed by atoms with E-state index < -0.39 is 0 Å². The zero-order valence-electron chi connectivity index (χ0n) is 19.0. The summed E-state index contributed by atoms with van der Waals surface area (Å²) in [5.74, 6) is -0.720. The Kier molecular flexibility index (Phi) is 6.16. The van der Waals surface area contributed by atoms with Gasteiger partial charge in [0.15, 0.2) is 0 Å². The molecule has 33 heavy (non-hydrogen) atoms. The molecule has 1 N–H and O–H groups in total. The number of carbonyl (C=O) groups is 3. The summed E-state index contributed by atoms with van der Waals surface area (Å²) in [5, 5.41) is 3.09. The summed E-state index contributed by atoms with van der Waals surface area (Å²) in [6.45, 7) is 2.48. The summed E-state index contributed by atoms with van der Waals surface area (Å²) in [7, 11) is 0. The quantitative estimate of drug-likeness (QED) is 0.676. The summed E-state index contributed by atoms with van der Waals surface area (Å²) in [5.41, 5.74) is 2.93. The van der Waals surface area contributed by atoms with Gasteiger partial charge in [0, 0.05) is 36.9 Å². The Morgan fingerprint density at radius 3 is 2.12 bits per heavy atom. The highest BCUT2D eigenvalue weighted by Crippen LogP contribution is 2.34. The van der Waals surface area contributed by atoms with Gasteiger partial charge in [-0.2, -0.15) is 0 Å². The molecule has 1 saturated heterocycles. The summed E-state index contributed by atoms with van der Waals surface area (Å²) >= 11 is 0. The van der Waals surface area contributed by atoms with Crippen molar-refractivity contribution in [3.05, 3.63) is 59.7 Å². The predicted molar refractivity (Wildman–Crippen MR) is 128 cm³/mol. The van der Waals surface area contributed by atoms with Gasteiger partial charge in [-0.05, 0) is 74.4 Å². The van der Waals surface area contributed by atoms with Crippen molar-refractivity contribution in [2.24, 2.45) is 11.8 Å². The van der Waals surface area contributed by atoms with E-state index >= 15 is 0 Å². The van der Waals surface area contributed by atoms with E-state index in [0.717, 1.165) is 44.5 Å². The average molecular weight is 446 g/mol. The number of anilines is 2. The van der Waals surface area contributed by atoms with Gasteiger partial charge in [-0.25, -0.2) is 0 Å². The predicted octanol–water partition coefficient (Wildman–Crippen LogP) is 4.72. The number of nitrogens with zero attached hydrogens (tertiary/aromatic N) is 2. The summed E-state index contributed by atoms with van der Waals surface area (Å²) in [6, 6.07) is 15.1. The Bertz CT molecular complexity index is 1010. The largest absolute Gasteiger partial charge is 0.372 e. The molecule has 0 aromatic heterocycles. The SMILES string of the molecule is O=C(Nc1ccc(N2CCCCC2)cc1)C1CCCCC1CN1C(=O)c2ccccc2C1=O. The summed E-state index contributed by atoms with van der Waals surface area (Å²) in [6.07, 6.45) is 7.40. The first-order valence-electron chi connectivity index (χ1n) is 12.2. The second kappa shape index (κ2) is 9.38. The monoisotopic (exact) mass is 445 g/mol. The number of hydrogen-bond donors (Lipinski definition) is 1. The van der Waals surface area contributed by atoms with Gasteiger partial charge >= 0.3 is 0 Å². The standard InChI is InChI=1S/C27H31N3O3/c31-25(28-20-12-14-21(15-13-20)29-16-6-1-7-17-29)22-9-3-2-8-19(22)18-30-26(32)23-10-4-5-11-24(23)27(30)33/h4-5,10-15,19,22H,1-3,6-9,16-18H2,(H,28,31). The van der Waals surface area contributed by atoms with Crippen LogP contribution in [0, 0.1) is 11.8 Å². The zero-order valence-corrected chi connectivity index (χ0v) is 19.0. The molecule has 2 fully saturated rings. The molecule has 2 heterocycles. The first-order valence-corrected chi connectivity index (χ1v) is 12.2. The zero-order chi connectivity index (χ0) is 22.8. The number of nitrogens with one attached hydrogen (secondary N) is 1. The second-order valence-electron chi connectivity index (χ2n) is 9.50. The molecule has 2 aliphatic heterocycles. The van der Waals surface area contributed by atoms with E-state index in [1.807, 2.05) is 12.1 Å². The first-order chi connectivity index (χ1) is 16.1. The second-order valence-corrected chi connectivity index (χ2v) is 9.50. The number of fused-ring (bicyclic) bond motifs is 1. The third-order valence-corrected chi connectivity index (χ3v) is 7.40. The Morgan fingerprint density at radius 1 is 0.818 bits per heavy atom. The number of imide groups is 1. The molecule has 6 heteroatoms. The van der Waals surface area contributed by atoms with Crippen LogP contribution in [0.3, 0.4) is 0 Å². The van der Waals surface area contributed by atoms with E-state index in [4.69, 9.17) is 0 Å². The van der Waals surface area contributed by atoms with Crippen LogP contribution < -0.4 is 10.2 Å². The van der Waals surface area contributed by atoms with Crippen LogP contribution in [-0.4, -0.2) is 42.3 Å². The Morgan fingerprint density at radius 2 is 1.45 bits per heavy atom. The lowest BCUT2D eigenvalue weighted by atomic mass is 9.78. The molecule has 0 spiro atoms. The number of amides is 3. The smallest absolute Gasteiger partial charge is 0.261 e. The van der Waals surface area contributed by atoms with Crippen molar-refractivity contribution in [3.63, 3.8) is 0 Å². The van der Waals surface area contributed by atoms with E-state index in [1.165, 1.54) is 29.8 Å². The minimum absolute atomic E-state index is 0.0120. The molecular formula is C27H31N3O3. The lowest BCUT2D eigenvalue weighted by Gasteiger charge is -2.33. The van der Waals surface area contributed by atoms with Crippen molar-refractivity contribution in [1.82, 2.24) is 4.90 Å². The number of piperidine rings is 1. The molecule has 3 amide bonds. The molecule has 1 saturated carbocycles. The van der Waals surface area contributed by atoms with Crippen LogP contribution in [0.25, 0.3) is 0 Å². The number of hydrogen-bond acceptors (Lipinski definition) is 4. The van der Waals surface area contributed by atoms with Gasteiger partial charge in [-0.15, -0.1) is 0 Å². The van der Waals surface area contributed by atoms with Crippen LogP contribution in [0.4, 0.5) is 11.4 Å². The van der Waals surface area contributed by atoms with Gasteiger partial charge in [0.25, 0.3) is 11.8 Å². The number of rotatable bonds is 5. The van der Waals surface area contributed by atoms with Gasteiger partial charge in [-0.3, -0.25) is 19.3 Å². The highest BCUT2D eigenvalue weighted by Gasteiger charge is 2.40. The Hall–Kier alpha value is -3.15. The van der Waals surface area contributed by atoms with Crippen LogP contribution >= 0.6 is 0 Å². The third-order valence-electron chi connectivity index (χ3n) is 7.40. The molecule has 2 aromatic rings. The van der Waals surface area contributed by atoms with E-state index in [9.17, 15) is 14.4 Å². The summed E-state index contributed by atoms with van der Waals surface area (Å²) in [4.78, 5) is 42.6. The maximum Gasteiger partial charge on any atom is 0.261 e. The maximum atomic E-state index is 13.2. The molecule has 2 aromatic carbocycles. The summed E-state index contributed by atoms with van der Waals surface area (Å²) < 4.78 is 0. The van der Waals surface area contributed by atoms with Gasteiger partial charge in [0.1, 0.15) is 0 Å². The van der Waals surface area contributed by atoms with Crippen molar-refractivity contribution >= 4 is 29.1 Å². The van der Waals surface area contributed by atoms with E-state index in [-0.39, 0.29) is 29.6 Å². The molecule has 6 nitrogen and oxygen atoms in total. The minimum Gasteiger partial charge on any atom is -0.372 e. The molecule has 3 aliphatic rings. The first kappa shape index (κ1) is 21.7. The molecule has 0 radical (unpaired) electrons. The van der Waals surface area contributed by atoms with E-state index in [2.05, 4.69) is 22.3 Å². The maximum absolute atomic E-state index is 13.2. The number of carbonyl (C=O) groups excluding carboxylic acids is 3. The molecule has 2 atom stereocenters. The van der Waals surface area contributed by atoms with Crippen LogP contribution in [0.2, 0.25) is 0 Å². The molecule has 2 unspecified atom stereocenters. The minimum atomic E-state index is -0.242. The molecule has 1 aliphatic carbocycles. The molecular weight excluding hydrogens is 414 g/mol. The lowest BCUT2D eigenvalue weighted by Crippen LogP contribution is -2.41. The van der Waals surface area contributed by atoms with Gasteiger partial charge in [0.2, 0.25) is 5.91 Å². The van der Waals surface area contributed by atoms with Crippen LogP contribution in [0.15, 0.2) is 48.5 Å². The lowest BCUT2D eigenvalue weighted by molar-refractivity contribution is -0.122. The fourth-order valence-electron chi connectivity index (χ4n) is 5.55. The van der Waals surface area contributed by atoms with E-state index in [0.29, 0.717) is 17.7 Å². The van der Waals surface area contributed by atoms with Crippen LogP contribution in [0.5, 0.6) is 0 Å². The highest BCUT2D eigenvalue weighted by atomic mass is 16.2. The van der Waals surface area contributed by atoms with Gasteiger partial charge < -0.3 is 10.2 Å². The average Bonchev–Trinajstić information content (AvgIpc) is 3.10. The third kappa shape index (κ3) is 4.39. The molecule has 172 valence electrons. The molecule has 5 rings (SSSR count). The van der Waals surface area contributed by atoms with Gasteiger partial charge in [0.05, 0.1) is 11.1 Å². The Labute approximate surface area is 194 Å². The van der Waals surface area contributed by atoms with Crippen molar-refractivity contribution in [2.45, 2.75) is 44.9 Å².